The van der Waals surface area contributed by atoms with Crippen LogP contribution in [0.1, 0.15) is 24.5 Å². The summed E-state index contributed by atoms with van der Waals surface area (Å²) in [7, 11) is 0. The van der Waals surface area contributed by atoms with E-state index in [0.717, 1.165) is 77.3 Å². The zero-order chi connectivity index (χ0) is 23.1. The van der Waals surface area contributed by atoms with Gasteiger partial charge in [0.15, 0.2) is 11.6 Å². The van der Waals surface area contributed by atoms with Crippen molar-refractivity contribution in [3.05, 3.63) is 69.1 Å². The average Bonchev–Trinajstić information content (AvgIpc) is 3.59. The van der Waals surface area contributed by atoms with E-state index in [4.69, 9.17) is 10.2 Å². The van der Waals surface area contributed by atoms with Gasteiger partial charge in [0.2, 0.25) is 9.92 Å². The number of unbranched alkanes of at least 4 members (excludes halogenated alkanes) is 1. The molecule has 0 unspecified atom stereocenters. The van der Waals surface area contributed by atoms with Gasteiger partial charge in [-0.15, -0.1) is 20.4 Å². The molecular weight excluding hydrogens is 600 g/mol. The van der Waals surface area contributed by atoms with Gasteiger partial charge in [-0.1, -0.05) is 90.9 Å². The zero-order valence-corrected chi connectivity index (χ0v) is 22.4. The molecule has 0 fully saturated rings. The first-order valence-corrected chi connectivity index (χ1v) is 13.8. The summed E-state index contributed by atoms with van der Waals surface area (Å²) < 4.78 is 5.76. The molecule has 0 N–H and O–H groups in total. The van der Waals surface area contributed by atoms with E-state index in [0.29, 0.717) is 0 Å². The second-order valence-corrected chi connectivity index (χ2v) is 11.2. The number of fused-ring (bicyclic) bond motifs is 2. The Labute approximate surface area is 219 Å². The molecule has 0 spiro atoms. The summed E-state index contributed by atoms with van der Waals surface area (Å²) in [5, 5.41) is 28.7. The smallest absolute Gasteiger partial charge is 0.187 e. The predicted molar refractivity (Wildman–Crippen MR) is 140 cm³/mol. The fourth-order valence-corrected chi connectivity index (χ4v) is 6.68. The van der Waals surface area contributed by atoms with Crippen molar-refractivity contribution in [2.75, 3.05) is 0 Å². The first kappa shape index (κ1) is 22.0. The van der Waals surface area contributed by atoms with Crippen LogP contribution in [0.4, 0.5) is 0 Å². The number of benzene rings is 2. The Kier molecular flexibility index (Phi) is 5.97. The Morgan fingerprint density at radius 1 is 0.618 bits per heavy atom. The van der Waals surface area contributed by atoms with Crippen molar-refractivity contribution < 1.29 is 0 Å². The van der Waals surface area contributed by atoms with Crippen molar-refractivity contribution in [3.63, 3.8) is 0 Å². The summed E-state index contributed by atoms with van der Waals surface area (Å²) in [6.07, 6.45) is 3.47. The highest BCUT2D eigenvalue weighted by Crippen LogP contribution is 2.32. The van der Waals surface area contributed by atoms with Gasteiger partial charge in [-0.2, -0.15) is 19.2 Å². The summed E-state index contributed by atoms with van der Waals surface area (Å²) in [6.45, 7) is 0. The lowest BCUT2D eigenvalue weighted by Gasteiger charge is -2.00. The number of halogens is 2. The van der Waals surface area contributed by atoms with Crippen LogP contribution in [0.25, 0.3) is 31.1 Å². The fourth-order valence-electron chi connectivity index (χ4n) is 3.68. The van der Waals surface area contributed by atoms with E-state index in [1.807, 2.05) is 45.4 Å². The number of hydrogen-bond acceptors (Lipinski definition) is 8. The van der Waals surface area contributed by atoms with Crippen molar-refractivity contribution in [2.24, 2.45) is 0 Å². The molecule has 0 saturated carbocycles. The molecular formula is C22H16Br2N8S2. The maximum atomic E-state index is 4.75. The first-order valence-electron chi connectivity index (χ1n) is 10.6. The maximum Gasteiger partial charge on any atom is 0.234 e. The molecule has 6 aromatic rings. The van der Waals surface area contributed by atoms with E-state index in [9.17, 15) is 0 Å². The highest BCUT2D eigenvalue weighted by Gasteiger charge is 2.16. The zero-order valence-electron chi connectivity index (χ0n) is 17.6. The Morgan fingerprint density at radius 2 is 1.06 bits per heavy atom. The second-order valence-electron chi connectivity index (χ2n) is 7.60. The lowest BCUT2D eigenvalue weighted by Crippen LogP contribution is -2.00. The van der Waals surface area contributed by atoms with Gasteiger partial charge >= 0.3 is 0 Å². The molecule has 0 amide bonds. The highest BCUT2D eigenvalue weighted by atomic mass is 79.9. The Balaban J connectivity index is 1.13. The molecule has 0 saturated heterocycles. The SMILES string of the molecule is Brc1ccccc1-c1nn2c(CCCCc3nnc4sc(-c5ccccc5Br)nn34)nnc2s1. The van der Waals surface area contributed by atoms with Crippen LogP contribution in [-0.2, 0) is 12.8 Å². The van der Waals surface area contributed by atoms with Gasteiger partial charge in [-0.25, -0.2) is 0 Å². The third-order valence-corrected chi connectivity index (χ3v) is 8.62. The minimum absolute atomic E-state index is 0.793. The van der Waals surface area contributed by atoms with E-state index >= 15 is 0 Å². The molecule has 8 nitrogen and oxygen atoms in total. The summed E-state index contributed by atoms with van der Waals surface area (Å²) in [5.74, 6) is 1.75. The van der Waals surface area contributed by atoms with E-state index in [2.05, 4.69) is 64.4 Å². The van der Waals surface area contributed by atoms with Crippen LogP contribution < -0.4 is 0 Å². The molecule has 170 valence electrons. The third-order valence-electron chi connectivity index (χ3n) is 5.37. The average molecular weight is 616 g/mol. The van der Waals surface area contributed by atoms with Gasteiger partial charge in [-0.3, -0.25) is 0 Å². The topological polar surface area (TPSA) is 86.2 Å². The molecule has 0 bridgehead atoms. The van der Waals surface area contributed by atoms with Crippen LogP contribution in [0.15, 0.2) is 57.5 Å². The van der Waals surface area contributed by atoms with Crippen LogP contribution in [0, 0.1) is 0 Å². The molecule has 0 radical (unpaired) electrons. The van der Waals surface area contributed by atoms with Gasteiger partial charge < -0.3 is 0 Å². The van der Waals surface area contributed by atoms with Crippen LogP contribution >= 0.6 is 54.5 Å². The molecule has 2 aromatic carbocycles. The number of nitrogens with zero attached hydrogens (tertiary/aromatic N) is 8. The minimum Gasteiger partial charge on any atom is -0.187 e. The normalized spacial score (nSPS) is 11.7. The van der Waals surface area contributed by atoms with Crippen molar-refractivity contribution in [1.82, 2.24) is 39.6 Å². The molecule has 6 rings (SSSR count). The molecule has 34 heavy (non-hydrogen) atoms. The molecule has 4 aromatic heterocycles. The number of aryl methyl sites for hydroxylation is 2. The Bertz CT molecular complexity index is 1500. The second kappa shape index (κ2) is 9.25. The van der Waals surface area contributed by atoms with E-state index < -0.39 is 0 Å². The lowest BCUT2D eigenvalue weighted by molar-refractivity contribution is 0.661. The Hall–Kier alpha value is -2.54. The van der Waals surface area contributed by atoms with Crippen molar-refractivity contribution in [1.29, 1.82) is 0 Å². The van der Waals surface area contributed by atoms with E-state index in [-0.39, 0.29) is 0 Å². The highest BCUT2D eigenvalue weighted by molar-refractivity contribution is 9.11. The number of hydrogen-bond donors (Lipinski definition) is 0. The minimum atomic E-state index is 0.793. The van der Waals surface area contributed by atoms with Crippen molar-refractivity contribution in [3.8, 4) is 21.1 Å². The van der Waals surface area contributed by atoms with Gasteiger partial charge in [0.25, 0.3) is 0 Å². The van der Waals surface area contributed by atoms with Crippen LogP contribution in [0.3, 0.4) is 0 Å². The number of rotatable bonds is 7. The fraction of sp³-hybridized carbons (Fsp3) is 0.182. The van der Waals surface area contributed by atoms with E-state index in [1.165, 1.54) is 0 Å². The molecule has 4 heterocycles. The summed E-state index contributed by atoms with van der Waals surface area (Å²) >= 11 is 10.3. The van der Waals surface area contributed by atoms with Crippen molar-refractivity contribution >= 4 is 64.5 Å². The summed E-state index contributed by atoms with van der Waals surface area (Å²) in [6, 6.07) is 16.1. The predicted octanol–water partition coefficient (Wildman–Crippen LogP) is 6.11. The third kappa shape index (κ3) is 4.08. The van der Waals surface area contributed by atoms with Crippen molar-refractivity contribution in [2.45, 2.75) is 25.7 Å². The molecule has 0 atom stereocenters. The van der Waals surface area contributed by atoms with E-state index in [1.54, 1.807) is 22.7 Å². The van der Waals surface area contributed by atoms with Crippen LogP contribution in [-0.4, -0.2) is 39.6 Å². The van der Waals surface area contributed by atoms with Crippen LogP contribution in [0.5, 0.6) is 0 Å². The van der Waals surface area contributed by atoms with Gasteiger partial charge in [0.1, 0.15) is 10.0 Å². The standard InChI is InChI=1S/C22H16Br2N8S2/c23-15-9-3-1-7-13(15)19-29-31-17(25-27-21(31)33-19)11-5-6-12-18-26-28-22-32(18)30-20(34-22)14-8-2-4-10-16(14)24/h1-4,7-10H,5-6,11-12H2. The molecule has 0 aliphatic heterocycles. The monoisotopic (exact) mass is 614 g/mol. The Morgan fingerprint density at radius 3 is 1.50 bits per heavy atom. The number of aromatic nitrogens is 8. The quantitative estimate of drug-likeness (QED) is 0.201. The van der Waals surface area contributed by atoms with Gasteiger partial charge in [0, 0.05) is 32.9 Å². The van der Waals surface area contributed by atoms with Crippen LogP contribution in [0.2, 0.25) is 0 Å². The van der Waals surface area contributed by atoms with Gasteiger partial charge in [0.05, 0.1) is 0 Å². The molecule has 0 aliphatic carbocycles. The largest absolute Gasteiger partial charge is 0.234 e. The maximum absolute atomic E-state index is 4.75. The summed E-state index contributed by atoms with van der Waals surface area (Å²) in [4.78, 5) is 1.61. The lowest BCUT2D eigenvalue weighted by atomic mass is 10.2. The summed E-state index contributed by atoms with van der Waals surface area (Å²) in [5.41, 5.74) is 2.12. The molecule has 0 aliphatic rings. The molecule has 12 heteroatoms. The first-order chi connectivity index (χ1) is 16.7. The van der Waals surface area contributed by atoms with Gasteiger partial charge in [-0.05, 0) is 25.0 Å².